The zero-order chi connectivity index (χ0) is 17.5. The fourth-order valence-corrected chi connectivity index (χ4v) is 2.68. The Kier molecular flexibility index (Phi) is 6.46. The van der Waals surface area contributed by atoms with Crippen LogP contribution in [0.3, 0.4) is 0 Å². The second-order valence-electron chi connectivity index (χ2n) is 5.87. The maximum atomic E-state index is 12.6. The second kappa shape index (κ2) is 8.57. The first kappa shape index (κ1) is 18.1. The maximum absolute atomic E-state index is 12.6. The average Bonchev–Trinajstić information content (AvgIpc) is 3.06. The number of benzene rings is 1. The highest BCUT2D eigenvalue weighted by atomic mass is 16.5. The van der Waals surface area contributed by atoms with E-state index in [9.17, 15) is 9.59 Å². The third-order valence-corrected chi connectivity index (χ3v) is 4.07. The van der Waals surface area contributed by atoms with Crippen molar-refractivity contribution in [3.8, 4) is 11.5 Å². The number of hydrogen-bond donors (Lipinski definition) is 1. The van der Waals surface area contributed by atoms with E-state index in [1.165, 1.54) is 0 Å². The summed E-state index contributed by atoms with van der Waals surface area (Å²) in [6.45, 7) is 5.78. The first-order chi connectivity index (χ1) is 11.6. The minimum Gasteiger partial charge on any atom is -0.490 e. The SMILES string of the molecule is CCCCOc1ccc(C(=O)N2CC[C@@H](C(=O)O)C2)cc1OCC. The molecule has 6 heteroatoms. The summed E-state index contributed by atoms with van der Waals surface area (Å²) in [5.41, 5.74) is 0.493. The molecule has 1 atom stereocenters. The van der Waals surface area contributed by atoms with E-state index in [4.69, 9.17) is 14.6 Å². The van der Waals surface area contributed by atoms with Crippen LogP contribution in [-0.4, -0.2) is 48.2 Å². The number of carbonyl (C=O) groups is 2. The minimum atomic E-state index is -0.847. The number of rotatable bonds is 8. The zero-order valence-electron chi connectivity index (χ0n) is 14.3. The van der Waals surface area contributed by atoms with Gasteiger partial charge in [0, 0.05) is 18.7 Å². The van der Waals surface area contributed by atoms with Crippen LogP contribution in [0.15, 0.2) is 18.2 Å². The Morgan fingerprint density at radius 1 is 1.25 bits per heavy atom. The van der Waals surface area contributed by atoms with Gasteiger partial charge in [-0.25, -0.2) is 0 Å². The molecule has 0 bridgehead atoms. The highest BCUT2D eigenvalue weighted by molar-refractivity contribution is 5.95. The molecule has 1 aliphatic heterocycles. The van der Waals surface area contributed by atoms with E-state index in [2.05, 4.69) is 6.92 Å². The van der Waals surface area contributed by atoms with Crippen LogP contribution >= 0.6 is 0 Å². The molecule has 2 rings (SSSR count). The van der Waals surface area contributed by atoms with Crippen molar-refractivity contribution in [2.24, 2.45) is 5.92 Å². The molecule has 0 aliphatic carbocycles. The molecule has 1 N–H and O–H groups in total. The van der Waals surface area contributed by atoms with Crippen molar-refractivity contribution < 1.29 is 24.2 Å². The summed E-state index contributed by atoms with van der Waals surface area (Å²) in [5, 5.41) is 9.06. The van der Waals surface area contributed by atoms with Gasteiger partial charge in [0.2, 0.25) is 0 Å². The number of carboxylic acids is 1. The van der Waals surface area contributed by atoms with Gasteiger partial charge < -0.3 is 19.5 Å². The van der Waals surface area contributed by atoms with Gasteiger partial charge in [-0.2, -0.15) is 0 Å². The number of likely N-dealkylation sites (tertiary alicyclic amines) is 1. The van der Waals surface area contributed by atoms with Gasteiger partial charge in [0.15, 0.2) is 11.5 Å². The lowest BCUT2D eigenvalue weighted by molar-refractivity contribution is -0.141. The van der Waals surface area contributed by atoms with E-state index in [0.29, 0.717) is 43.2 Å². The molecule has 1 aliphatic rings. The molecular formula is C18H25NO5. The van der Waals surface area contributed by atoms with Gasteiger partial charge in [-0.1, -0.05) is 13.3 Å². The number of carboxylic acid groups (broad SMARTS) is 1. The predicted octanol–water partition coefficient (Wildman–Crippen LogP) is 2.81. The molecule has 24 heavy (non-hydrogen) atoms. The normalized spacial score (nSPS) is 16.9. The third kappa shape index (κ3) is 4.40. The molecule has 0 aromatic heterocycles. The third-order valence-electron chi connectivity index (χ3n) is 4.07. The first-order valence-corrected chi connectivity index (χ1v) is 8.48. The van der Waals surface area contributed by atoms with Crippen molar-refractivity contribution in [1.29, 1.82) is 0 Å². The highest BCUT2D eigenvalue weighted by Crippen LogP contribution is 2.30. The van der Waals surface area contributed by atoms with Gasteiger partial charge in [-0.3, -0.25) is 9.59 Å². The Labute approximate surface area is 142 Å². The molecule has 1 aromatic carbocycles. The Morgan fingerprint density at radius 2 is 2.04 bits per heavy atom. The van der Waals surface area contributed by atoms with E-state index < -0.39 is 11.9 Å². The fourth-order valence-electron chi connectivity index (χ4n) is 2.68. The van der Waals surface area contributed by atoms with Gasteiger partial charge >= 0.3 is 5.97 Å². The van der Waals surface area contributed by atoms with Crippen LogP contribution in [0.25, 0.3) is 0 Å². The standard InChI is InChI=1S/C18H25NO5/c1-3-5-10-24-15-7-6-13(11-16(15)23-4-2)17(20)19-9-8-14(12-19)18(21)22/h6-7,11,14H,3-5,8-10,12H2,1-2H3,(H,21,22)/t14-/m1/s1. The Balaban J connectivity index is 2.11. The maximum Gasteiger partial charge on any atom is 0.308 e. The Morgan fingerprint density at radius 3 is 2.67 bits per heavy atom. The first-order valence-electron chi connectivity index (χ1n) is 8.48. The van der Waals surface area contributed by atoms with E-state index >= 15 is 0 Å². The van der Waals surface area contributed by atoms with Crippen molar-refractivity contribution in [3.63, 3.8) is 0 Å². The summed E-state index contributed by atoms with van der Waals surface area (Å²) >= 11 is 0. The van der Waals surface area contributed by atoms with Crippen LogP contribution in [0.5, 0.6) is 11.5 Å². The lowest BCUT2D eigenvalue weighted by Crippen LogP contribution is -2.29. The van der Waals surface area contributed by atoms with E-state index in [-0.39, 0.29) is 12.5 Å². The van der Waals surface area contributed by atoms with Crippen molar-refractivity contribution >= 4 is 11.9 Å². The predicted molar refractivity (Wildman–Crippen MR) is 89.7 cm³/mol. The van der Waals surface area contributed by atoms with Gasteiger partial charge in [-0.05, 0) is 38.0 Å². The number of unbranched alkanes of at least 4 members (excludes halogenated alkanes) is 1. The van der Waals surface area contributed by atoms with Crippen molar-refractivity contribution in [2.75, 3.05) is 26.3 Å². The lowest BCUT2D eigenvalue weighted by Gasteiger charge is -2.18. The molecule has 1 fully saturated rings. The van der Waals surface area contributed by atoms with E-state index in [0.717, 1.165) is 12.8 Å². The molecule has 1 amide bonds. The molecule has 1 aromatic rings. The number of ether oxygens (including phenoxy) is 2. The number of carbonyl (C=O) groups excluding carboxylic acids is 1. The summed E-state index contributed by atoms with van der Waals surface area (Å²) in [5.74, 6) is -0.308. The van der Waals surface area contributed by atoms with Gasteiger partial charge in [-0.15, -0.1) is 0 Å². The minimum absolute atomic E-state index is 0.167. The van der Waals surface area contributed by atoms with E-state index in [1.54, 1.807) is 23.1 Å². The monoisotopic (exact) mass is 335 g/mol. The second-order valence-corrected chi connectivity index (χ2v) is 5.87. The summed E-state index contributed by atoms with van der Waals surface area (Å²) in [6, 6.07) is 5.14. The molecule has 0 unspecified atom stereocenters. The average molecular weight is 335 g/mol. The largest absolute Gasteiger partial charge is 0.490 e. The smallest absolute Gasteiger partial charge is 0.308 e. The van der Waals surface area contributed by atoms with Crippen molar-refractivity contribution in [1.82, 2.24) is 4.90 Å². The molecule has 132 valence electrons. The number of amides is 1. The van der Waals surface area contributed by atoms with Crippen LogP contribution in [-0.2, 0) is 4.79 Å². The Bertz CT molecular complexity index is 587. The quantitative estimate of drug-likeness (QED) is 0.739. The highest BCUT2D eigenvalue weighted by Gasteiger charge is 2.31. The molecule has 0 radical (unpaired) electrons. The molecular weight excluding hydrogens is 310 g/mol. The van der Waals surface area contributed by atoms with Crippen LogP contribution < -0.4 is 9.47 Å². The zero-order valence-corrected chi connectivity index (χ0v) is 14.3. The summed E-state index contributed by atoms with van der Waals surface area (Å²) in [7, 11) is 0. The molecule has 1 heterocycles. The topological polar surface area (TPSA) is 76.1 Å². The fraction of sp³-hybridized carbons (Fsp3) is 0.556. The van der Waals surface area contributed by atoms with E-state index in [1.807, 2.05) is 6.92 Å². The Hall–Kier alpha value is -2.24. The number of aliphatic carboxylic acids is 1. The van der Waals surface area contributed by atoms with Gasteiger partial charge in [0.25, 0.3) is 5.91 Å². The van der Waals surface area contributed by atoms with Crippen LogP contribution in [0.1, 0.15) is 43.5 Å². The summed E-state index contributed by atoms with van der Waals surface area (Å²) < 4.78 is 11.3. The van der Waals surface area contributed by atoms with Crippen molar-refractivity contribution in [3.05, 3.63) is 23.8 Å². The van der Waals surface area contributed by atoms with Gasteiger partial charge in [0.1, 0.15) is 0 Å². The summed E-state index contributed by atoms with van der Waals surface area (Å²) in [4.78, 5) is 25.2. The summed E-state index contributed by atoms with van der Waals surface area (Å²) in [6.07, 6.45) is 2.49. The number of nitrogens with zero attached hydrogens (tertiary/aromatic N) is 1. The van der Waals surface area contributed by atoms with Crippen LogP contribution in [0.2, 0.25) is 0 Å². The lowest BCUT2D eigenvalue weighted by atomic mass is 10.1. The molecule has 0 spiro atoms. The molecule has 1 saturated heterocycles. The van der Waals surface area contributed by atoms with Crippen LogP contribution in [0, 0.1) is 5.92 Å². The molecule has 6 nitrogen and oxygen atoms in total. The number of hydrogen-bond acceptors (Lipinski definition) is 4. The molecule has 0 saturated carbocycles. The van der Waals surface area contributed by atoms with Crippen molar-refractivity contribution in [2.45, 2.75) is 33.1 Å². The van der Waals surface area contributed by atoms with Gasteiger partial charge in [0.05, 0.1) is 19.1 Å². The van der Waals surface area contributed by atoms with Crippen LogP contribution in [0.4, 0.5) is 0 Å².